The summed E-state index contributed by atoms with van der Waals surface area (Å²) in [6.07, 6.45) is 1.08. The molecule has 0 N–H and O–H groups in total. The highest BCUT2D eigenvalue weighted by atomic mass is 19.3. The molecule has 2 nitrogen and oxygen atoms in total. The zero-order chi connectivity index (χ0) is 12.3. The standard InChI is InChI=1S/C13H18F2N2/c1-10-4-2-6-16-12(10)9-17-7-3-5-11(8-17)13(14)15/h2,4,6,11,13H,3,5,7-9H2,1H3. The van der Waals surface area contributed by atoms with Crippen molar-refractivity contribution in [2.24, 2.45) is 5.92 Å². The smallest absolute Gasteiger partial charge is 0.242 e. The number of piperidine rings is 1. The number of hydrogen-bond donors (Lipinski definition) is 0. The maximum atomic E-state index is 12.7. The van der Waals surface area contributed by atoms with Gasteiger partial charge in [0, 0.05) is 25.2 Å². The predicted octanol–water partition coefficient (Wildman–Crippen LogP) is 2.87. The molecule has 0 spiro atoms. The van der Waals surface area contributed by atoms with Crippen molar-refractivity contribution in [3.8, 4) is 0 Å². The summed E-state index contributed by atoms with van der Waals surface area (Å²) in [6.45, 7) is 4.10. The molecular formula is C13H18F2N2. The van der Waals surface area contributed by atoms with Crippen LogP contribution < -0.4 is 0 Å². The van der Waals surface area contributed by atoms with Gasteiger partial charge in [0.15, 0.2) is 0 Å². The van der Waals surface area contributed by atoms with Crippen molar-refractivity contribution in [2.45, 2.75) is 32.7 Å². The summed E-state index contributed by atoms with van der Waals surface area (Å²) in [5.41, 5.74) is 2.13. The van der Waals surface area contributed by atoms with Crippen LogP contribution in [0, 0.1) is 12.8 Å². The van der Waals surface area contributed by atoms with E-state index in [1.807, 2.05) is 19.1 Å². The monoisotopic (exact) mass is 240 g/mol. The molecule has 0 aliphatic carbocycles. The number of likely N-dealkylation sites (tertiary alicyclic amines) is 1. The second-order valence-electron chi connectivity index (χ2n) is 4.74. The molecule has 0 amide bonds. The zero-order valence-electron chi connectivity index (χ0n) is 10.1. The van der Waals surface area contributed by atoms with E-state index in [2.05, 4.69) is 9.88 Å². The topological polar surface area (TPSA) is 16.1 Å². The minimum absolute atomic E-state index is 0.465. The molecule has 2 heterocycles. The van der Waals surface area contributed by atoms with Gasteiger partial charge in [0.05, 0.1) is 5.69 Å². The third-order valence-corrected chi connectivity index (χ3v) is 3.39. The molecule has 2 rings (SSSR count). The van der Waals surface area contributed by atoms with Crippen LogP contribution in [0.15, 0.2) is 18.3 Å². The van der Waals surface area contributed by atoms with E-state index >= 15 is 0 Å². The molecule has 17 heavy (non-hydrogen) atoms. The first-order valence-corrected chi connectivity index (χ1v) is 6.08. The largest absolute Gasteiger partial charge is 0.297 e. The summed E-state index contributed by atoms with van der Waals surface area (Å²) >= 11 is 0. The highest BCUT2D eigenvalue weighted by Crippen LogP contribution is 2.23. The Morgan fingerprint density at radius 2 is 2.35 bits per heavy atom. The number of aryl methyl sites for hydroxylation is 1. The molecule has 1 aliphatic heterocycles. The molecule has 1 unspecified atom stereocenters. The van der Waals surface area contributed by atoms with Gasteiger partial charge < -0.3 is 0 Å². The van der Waals surface area contributed by atoms with Gasteiger partial charge in [-0.1, -0.05) is 6.07 Å². The predicted molar refractivity (Wildman–Crippen MR) is 63.0 cm³/mol. The van der Waals surface area contributed by atoms with Crippen LogP contribution in [0.5, 0.6) is 0 Å². The van der Waals surface area contributed by atoms with Gasteiger partial charge in [-0.2, -0.15) is 0 Å². The Bertz CT molecular complexity index is 368. The number of alkyl halides is 2. The number of nitrogens with zero attached hydrogens (tertiary/aromatic N) is 2. The number of pyridine rings is 1. The first-order chi connectivity index (χ1) is 8.16. The van der Waals surface area contributed by atoms with Gasteiger partial charge in [-0.05, 0) is 37.9 Å². The lowest BCUT2D eigenvalue weighted by molar-refractivity contribution is 0.0249. The molecule has 0 radical (unpaired) electrons. The lowest BCUT2D eigenvalue weighted by Crippen LogP contribution is -2.38. The molecule has 0 aromatic carbocycles. The van der Waals surface area contributed by atoms with Crippen molar-refractivity contribution in [3.63, 3.8) is 0 Å². The minimum atomic E-state index is -2.19. The van der Waals surface area contributed by atoms with Crippen LogP contribution in [-0.2, 0) is 6.54 Å². The zero-order valence-corrected chi connectivity index (χ0v) is 10.1. The molecule has 4 heteroatoms. The molecule has 94 valence electrons. The van der Waals surface area contributed by atoms with Crippen LogP contribution in [0.4, 0.5) is 8.78 Å². The second kappa shape index (κ2) is 5.54. The first-order valence-electron chi connectivity index (χ1n) is 6.08. The van der Waals surface area contributed by atoms with Crippen molar-refractivity contribution >= 4 is 0 Å². The molecule has 1 aromatic rings. The fraction of sp³-hybridized carbons (Fsp3) is 0.615. The Balaban J connectivity index is 1.97. The molecular weight excluding hydrogens is 222 g/mol. The maximum Gasteiger partial charge on any atom is 0.242 e. The van der Waals surface area contributed by atoms with Crippen molar-refractivity contribution < 1.29 is 8.78 Å². The van der Waals surface area contributed by atoms with Crippen LogP contribution in [0.1, 0.15) is 24.1 Å². The molecule has 0 saturated carbocycles. The van der Waals surface area contributed by atoms with E-state index in [-0.39, 0.29) is 0 Å². The van der Waals surface area contributed by atoms with E-state index < -0.39 is 12.3 Å². The number of rotatable bonds is 3. The Labute approximate surface area is 101 Å². The molecule has 1 aromatic heterocycles. The van der Waals surface area contributed by atoms with Gasteiger partial charge in [-0.15, -0.1) is 0 Å². The van der Waals surface area contributed by atoms with Gasteiger partial charge in [0.1, 0.15) is 0 Å². The number of halogens is 2. The van der Waals surface area contributed by atoms with Crippen LogP contribution in [0.25, 0.3) is 0 Å². The summed E-state index contributed by atoms with van der Waals surface area (Å²) in [4.78, 5) is 6.41. The van der Waals surface area contributed by atoms with Crippen LogP contribution >= 0.6 is 0 Å². The highest BCUT2D eigenvalue weighted by molar-refractivity contribution is 5.17. The Kier molecular flexibility index (Phi) is 4.05. The fourth-order valence-electron chi connectivity index (χ4n) is 2.34. The average molecular weight is 240 g/mol. The Hall–Kier alpha value is -1.03. The summed E-state index contributed by atoms with van der Waals surface area (Å²) in [5.74, 6) is -0.465. The molecule has 1 saturated heterocycles. The minimum Gasteiger partial charge on any atom is -0.297 e. The summed E-state index contributed by atoms with van der Waals surface area (Å²) < 4.78 is 25.3. The van der Waals surface area contributed by atoms with Crippen molar-refractivity contribution in [1.82, 2.24) is 9.88 Å². The van der Waals surface area contributed by atoms with Crippen molar-refractivity contribution in [3.05, 3.63) is 29.6 Å². The van der Waals surface area contributed by atoms with Crippen LogP contribution in [0.2, 0.25) is 0 Å². The third-order valence-electron chi connectivity index (χ3n) is 3.39. The SMILES string of the molecule is Cc1cccnc1CN1CCCC(C(F)F)C1. The lowest BCUT2D eigenvalue weighted by Gasteiger charge is -2.32. The Morgan fingerprint density at radius 1 is 1.53 bits per heavy atom. The quantitative estimate of drug-likeness (QED) is 0.807. The van der Waals surface area contributed by atoms with Gasteiger partial charge >= 0.3 is 0 Å². The van der Waals surface area contributed by atoms with E-state index in [9.17, 15) is 8.78 Å². The summed E-state index contributed by atoms with van der Waals surface area (Å²) in [6, 6.07) is 3.91. The van der Waals surface area contributed by atoms with E-state index in [0.29, 0.717) is 19.5 Å². The maximum absolute atomic E-state index is 12.7. The number of aromatic nitrogens is 1. The fourth-order valence-corrected chi connectivity index (χ4v) is 2.34. The lowest BCUT2D eigenvalue weighted by atomic mass is 9.98. The second-order valence-corrected chi connectivity index (χ2v) is 4.74. The van der Waals surface area contributed by atoms with Gasteiger partial charge in [-0.3, -0.25) is 9.88 Å². The van der Waals surface area contributed by atoms with Crippen molar-refractivity contribution in [2.75, 3.05) is 13.1 Å². The van der Waals surface area contributed by atoms with Crippen LogP contribution in [-0.4, -0.2) is 29.4 Å². The van der Waals surface area contributed by atoms with Gasteiger partial charge in [0.25, 0.3) is 0 Å². The number of hydrogen-bond acceptors (Lipinski definition) is 2. The van der Waals surface area contributed by atoms with E-state index in [1.165, 1.54) is 0 Å². The molecule has 1 atom stereocenters. The highest BCUT2D eigenvalue weighted by Gasteiger charge is 2.27. The van der Waals surface area contributed by atoms with Gasteiger partial charge in [0.2, 0.25) is 6.43 Å². The van der Waals surface area contributed by atoms with E-state index in [4.69, 9.17) is 0 Å². The van der Waals surface area contributed by atoms with Crippen molar-refractivity contribution in [1.29, 1.82) is 0 Å². The first kappa shape index (κ1) is 12.4. The van der Waals surface area contributed by atoms with E-state index in [0.717, 1.165) is 24.2 Å². The van der Waals surface area contributed by atoms with Gasteiger partial charge in [-0.25, -0.2) is 8.78 Å². The summed E-state index contributed by atoms with van der Waals surface area (Å²) in [5, 5.41) is 0. The van der Waals surface area contributed by atoms with E-state index in [1.54, 1.807) is 6.20 Å². The Morgan fingerprint density at radius 3 is 3.06 bits per heavy atom. The normalized spacial score (nSPS) is 22.0. The molecule has 1 aliphatic rings. The summed E-state index contributed by atoms with van der Waals surface area (Å²) in [7, 11) is 0. The third kappa shape index (κ3) is 3.22. The molecule has 0 bridgehead atoms. The van der Waals surface area contributed by atoms with Crippen LogP contribution in [0.3, 0.4) is 0 Å². The average Bonchev–Trinajstić information content (AvgIpc) is 2.32. The molecule has 1 fully saturated rings.